The first-order chi connectivity index (χ1) is 8.66. The largest absolute Gasteiger partial charge is 0.374 e. The van der Waals surface area contributed by atoms with Crippen molar-refractivity contribution in [3.05, 3.63) is 0 Å². The minimum Gasteiger partial charge on any atom is -0.374 e. The summed E-state index contributed by atoms with van der Waals surface area (Å²) in [6.07, 6.45) is 1.98. The Bertz CT molecular complexity index is 290. The molecule has 2 saturated heterocycles. The summed E-state index contributed by atoms with van der Waals surface area (Å²) in [4.78, 5) is 14.5. The van der Waals surface area contributed by atoms with Gasteiger partial charge in [0.2, 0.25) is 5.91 Å². The zero-order chi connectivity index (χ0) is 13.0. The lowest BCUT2D eigenvalue weighted by molar-refractivity contribution is -0.131. The SMILES string of the molecule is CCC1(C(=O)NCC2CN(C)CCO2)CCNC1. The second-order valence-corrected chi connectivity index (χ2v) is 5.53. The number of ether oxygens (including phenoxy) is 1. The molecule has 5 heteroatoms. The third kappa shape index (κ3) is 3.02. The van der Waals surface area contributed by atoms with Gasteiger partial charge >= 0.3 is 0 Å². The van der Waals surface area contributed by atoms with Gasteiger partial charge in [0.1, 0.15) is 0 Å². The Morgan fingerprint density at radius 2 is 2.44 bits per heavy atom. The maximum atomic E-state index is 12.3. The fourth-order valence-electron chi connectivity index (χ4n) is 2.78. The summed E-state index contributed by atoms with van der Waals surface area (Å²) in [5.41, 5.74) is -0.194. The normalized spacial score (nSPS) is 33.6. The average molecular weight is 255 g/mol. The molecule has 2 heterocycles. The number of amides is 1. The molecule has 0 saturated carbocycles. The molecule has 0 aromatic rings. The molecule has 2 N–H and O–H groups in total. The highest BCUT2D eigenvalue weighted by atomic mass is 16.5. The van der Waals surface area contributed by atoms with Gasteiger partial charge < -0.3 is 20.3 Å². The fourth-order valence-corrected chi connectivity index (χ4v) is 2.78. The van der Waals surface area contributed by atoms with Crippen LogP contribution >= 0.6 is 0 Å². The fraction of sp³-hybridized carbons (Fsp3) is 0.923. The Hall–Kier alpha value is -0.650. The van der Waals surface area contributed by atoms with Crippen LogP contribution in [-0.2, 0) is 9.53 Å². The molecule has 2 aliphatic rings. The monoisotopic (exact) mass is 255 g/mol. The smallest absolute Gasteiger partial charge is 0.227 e. The van der Waals surface area contributed by atoms with Crippen molar-refractivity contribution in [2.75, 3.05) is 46.4 Å². The van der Waals surface area contributed by atoms with Gasteiger partial charge in [-0.1, -0.05) is 6.92 Å². The lowest BCUT2D eigenvalue weighted by atomic mass is 9.83. The third-order valence-electron chi connectivity index (χ3n) is 4.23. The molecule has 0 bridgehead atoms. The Morgan fingerprint density at radius 3 is 3.06 bits per heavy atom. The molecule has 2 aliphatic heterocycles. The van der Waals surface area contributed by atoms with E-state index in [2.05, 4.69) is 29.5 Å². The summed E-state index contributed by atoms with van der Waals surface area (Å²) in [6, 6.07) is 0. The highest BCUT2D eigenvalue weighted by Gasteiger charge is 2.39. The van der Waals surface area contributed by atoms with Crippen molar-refractivity contribution in [3.8, 4) is 0 Å². The van der Waals surface area contributed by atoms with E-state index in [-0.39, 0.29) is 17.4 Å². The summed E-state index contributed by atoms with van der Waals surface area (Å²) < 4.78 is 5.66. The van der Waals surface area contributed by atoms with Gasteiger partial charge in [-0.05, 0) is 26.4 Å². The van der Waals surface area contributed by atoms with Crippen LogP contribution in [0.4, 0.5) is 0 Å². The first-order valence-electron chi connectivity index (χ1n) is 6.95. The van der Waals surface area contributed by atoms with Crippen LogP contribution in [0.1, 0.15) is 19.8 Å². The van der Waals surface area contributed by atoms with Crippen molar-refractivity contribution in [1.82, 2.24) is 15.5 Å². The molecule has 2 atom stereocenters. The minimum absolute atomic E-state index is 0.135. The van der Waals surface area contributed by atoms with Gasteiger partial charge in [-0.3, -0.25) is 4.79 Å². The van der Waals surface area contributed by atoms with Crippen molar-refractivity contribution in [2.45, 2.75) is 25.9 Å². The summed E-state index contributed by atoms with van der Waals surface area (Å²) in [6.45, 7) is 7.12. The predicted molar refractivity (Wildman–Crippen MR) is 70.5 cm³/mol. The maximum Gasteiger partial charge on any atom is 0.227 e. The number of nitrogens with zero attached hydrogens (tertiary/aromatic N) is 1. The van der Waals surface area contributed by atoms with Crippen LogP contribution in [0.2, 0.25) is 0 Å². The Labute approximate surface area is 109 Å². The number of rotatable bonds is 4. The lowest BCUT2D eigenvalue weighted by Gasteiger charge is -2.31. The number of hydrogen-bond acceptors (Lipinski definition) is 4. The number of hydrogen-bond donors (Lipinski definition) is 2. The van der Waals surface area contributed by atoms with Gasteiger partial charge in [0.05, 0.1) is 18.1 Å². The topological polar surface area (TPSA) is 53.6 Å². The summed E-state index contributed by atoms with van der Waals surface area (Å²) in [7, 11) is 2.09. The van der Waals surface area contributed by atoms with Crippen LogP contribution in [0.25, 0.3) is 0 Å². The molecule has 2 rings (SSSR count). The molecule has 2 unspecified atom stereocenters. The zero-order valence-electron chi connectivity index (χ0n) is 11.5. The summed E-state index contributed by atoms with van der Waals surface area (Å²) in [5.74, 6) is 0.187. The third-order valence-corrected chi connectivity index (χ3v) is 4.23. The van der Waals surface area contributed by atoms with E-state index in [1.165, 1.54) is 0 Å². The number of carbonyl (C=O) groups excluding carboxylic acids is 1. The van der Waals surface area contributed by atoms with E-state index in [0.29, 0.717) is 6.54 Å². The van der Waals surface area contributed by atoms with Gasteiger partial charge in [0, 0.05) is 26.2 Å². The van der Waals surface area contributed by atoms with Crippen LogP contribution in [-0.4, -0.2) is 63.3 Å². The molecule has 5 nitrogen and oxygen atoms in total. The number of carbonyl (C=O) groups is 1. The Kier molecular flexibility index (Phi) is 4.59. The van der Waals surface area contributed by atoms with Gasteiger partial charge in [0.15, 0.2) is 0 Å². The predicted octanol–water partition coefficient (Wildman–Crippen LogP) is -0.177. The number of likely N-dealkylation sites (N-methyl/N-ethyl adjacent to an activating group) is 1. The summed E-state index contributed by atoms with van der Waals surface area (Å²) in [5, 5.41) is 6.37. The Morgan fingerprint density at radius 1 is 1.61 bits per heavy atom. The Balaban J connectivity index is 1.80. The van der Waals surface area contributed by atoms with Gasteiger partial charge in [-0.25, -0.2) is 0 Å². The van der Waals surface area contributed by atoms with Crippen molar-refractivity contribution < 1.29 is 9.53 Å². The van der Waals surface area contributed by atoms with Crippen molar-refractivity contribution in [1.29, 1.82) is 0 Å². The maximum absolute atomic E-state index is 12.3. The lowest BCUT2D eigenvalue weighted by Crippen LogP contribution is -2.49. The van der Waals surface area contributed by atoms with E-state index in [1.54, 1.807) is 0 Å². The first kappa shape index (κ1) is 13.8. The van der Waals surface area contributed by atoms with Crippen LogP contribution in [0.3, 0.4) is 0 Å². The second-order valence-electron chi connectivity index (χ2n) is 5.53. The number of nitrogens with one attached hydrogen (secondary N) is 2. The van der Waals surface area contributed by atoms with E-state index in [1.807, 2.05) is 0 Å². The van der Waals surface area contributed by atoms with E-state index >= 15 is 0 Å². The van der Waals surface area contributed by atoms with Crippen LogP contribution in [0.15, 0.2) is 0 Å². The molecule has 2 fully saturated rings. The van der Waals surface area contributed by atoms with Crippen molar-refractivity contribution >= 4 is 5.91 Å². The van der Waals surface area contributed by atoms with Crippen LogP contribution in [0, 0.1) is 5.41 Å². The molecule has 0 aliphatic carbocycles. The molecule has 0 spiro atoms. The van der Waals surface area contributed by atoms with E-state index < -0.39 is 0 Å². The average Bonchev–Trinajstić information content (AvgIpc) is 2.86. The van der Waals surface area contributed by atoms with Gasteiger partial charge in [-0.15, -0.1) is 0 Å². The van der Waals surface area contributed by atoms with E-state index in [9.17, 15) is 4.79 Å². The molecule has 0 aromatic carbocycles. The molecule has 1 amide bonds. The van der Waals surface area contributed by atoms with E-state index in [4.69, 9.17) is 4.74 Å². The van der Waals surface area contributed by atoms with Crippen molar-refractivity contribution in [2.24, 2.45) is 5.41 Å². The van der Waals surface area contributed by atoms with Crippen LogP contribution < -0.4 is 10.6 Å². The molecule has 104 valence electrons. The molecule has 0 aromatic heterocycles. The van der Waals surface area contributed by atoms with Gasteiger partial charge in [-0.2, -0.15) is 0 Å². The molecule has 0 radical (unpaired) electrons. The zero-order valence-corrected chi connectivity index (χ0v) is 11.5. The minimum atomic E-state index is -0.194. The standard InChI is InChI=1S/C13H25N3O2/c1-3-13(4-5-14-10-13)12(17)15-8-11-9-16(2)6-7-18-11/h11,14H,3-10H2,1-2H3,(H,15,17). The van der Waals surface area contributed by atoms with Crippen molar-refractivity contribution in [3.63, 3.8) is 0 Å². The number of morpholine rings is 1. The highest BCUT2D eigenvalue weighted by Crippen LogP contribution is 2.29. The second kappa shape index (κ2) is 5.99. The molecular formula is C13H25N3O2. The molecule has 18 heavy (non-hydrogen) atoms. The highest BCUT2D eigenvalue weighted by molar-refractivity contribution is 5.83. The summed E-state index contributed by atoms with van der Waals surface area (Å²) >= 11 is 0. The molecular weight excluding hydrogens is 230 g/mol. The van der Waals surface area contributed by atoms with Crippen LogP contribution in [0.5, 0.6) is 0 Å². The van der Waals surface area contributed by atoms with E-state index in [0.717, 1.165) is 45.6 Å². The van der Waals surface area contributed by atoms with Gasteiger partial charge in [0.25, 0.3) is 0 Å². The quantitative estimate of drug-likeness (QED) is 0.732. The first-order valence-corrected chi connectivity index (χ1v) is 6.95.